The Morgan fingerprint density at radius 2 is 1.75 bits per heavy atom. The normalized spacial score (nSPS) is 11.0. The van der Waals surface area contributed by atoms with Crippen molar-refractivity contribution in [2.45, 2.75) is 6.54 Å². The third-order valence-electron chi connectivity index (χ3n) is 4.05. The van der Waals surface area contributed by atoms with Crippen LogP contribution in [0.2, 0.25) is 0 Å². The van der Waals surface area contributed by atoms with Gasteiger partial charge in [-0.15, -0.1) is 0 Å². The van der Waals surface area contributed by atoms with Gasteiger partial charge in [-0.3, -0.25) is 4.79 Å². The zero-order valence-corrected chi connectivity index (χ0v) is 12.7. The highest BCUT2D eigenvalue weighted by Crippen LogP contribution is 2.27. The number of nitrogens with one attached hydrogen (secondary N) is 2. The molecule has 0 saturated heterocycles. The third-order valence-corrected chi connectivity index (χ3v) is 4.05. The van der Waals surface area contributed by atoms with Crippen LogP contribution in [-0.4, -0.2) is 9.97 Å². The van der Waals surface area contributed by atoms with E-state index in [4.69, 9.17) is 0 Å². The van der Waals surface area contributed by atoms with Gasteiger partial charge in [0.15, 0.2) is 0 Å². The van der Waals surface area contributed by atoms with Crippen molar-refractivity contribution in [3.8, 4) is 0 Å². The fraction of sp³-hybridized carbons (Fsp3) is 0.0526. The number of pyridine rings is 2. The quantitative estimate of drug-likeness (QED) is 0.564. The lowest BCUT2D eigenvalue weighted by atomic mass is 10.1. The number of rotatable bonds is 3. The number of hydrogen-bond donors (Lipinski definition) is 2. The molecule has 0 amide bonds. The zero-order chi connectivity index (χ0) is 16.5. The van der Waals surface area contributed by atoms with E-state index in [1.54, 1.807) is 30.5 Å². The predicted molar refractivity (Wildman–Crippen MR) is 93.6 cm³/mol. The van der Waals surface area contributed by atoms with Crippen LogP contribution in [0.25, 0.3) is 21.8 Å². The molecule has 4 nitrogen and oxygen atoms in total. The van der Waals surface area contributed by atoms with Crippen molar-refractivity contribution in [2.75, 3.05) is 5.32 Å². The van der Waals surface area contributed by atoms with Crippen molar-refractivity contribution in [2.24, 2.45) is 0 Å². The van der Waals surface area contributed by atoms with E-state index in [9.17, 15) is 9.18 Å². The largest absolute Gasteiger partial charge is 0.380 e. The number of aromatic nitrogens is 2. The number of H-pyrrole nitrogens is 1. The molecule has 0 aliphatic heterocycles. The van der Waals surface area contributed by atoms with Gasteiger partial charge < -0.3 is 10.3 Å². The second kappa shape index (κ2) is 5.77. The lowest BCUT2D eigenvalue weighted by Gasteiger charge is -2.11. The number of benzene rings is 2. The topological polar surface area (TPSA) is 57.8 Å². The second-order valence-electron chi connectivity index (χ2n) is 5.53. The van der Waals surface area contributed by atoms with Crippen molar-refractivity contribution >= 4 is 27.5 Å². The molecular formula is C19H14FN3O. The first-order chi connectivity index (χ1) is 11.7. The number of nitrogens with zero attached hydrogens (tertiary/aromatic N) is 1. The van der Waals surface area contributed by atoms with E-state index in [1.807, 2.05) is 24.3 Å². The van der Waals surface area contributed by atoms with Crippen LogP contribution in [0.3, 0.4) is 0 Å². The standard InChI is InChI=1S/C19H14FN3O/c20-15-8-4-1-5-12(15)11-22-16-9-10-21-18-17(16)13-6-2-3-7-14(13)19(24)23-18/h1-10H,11H2,(H2,21,22,23,24). The Bertz CT molecular complexity index is 1100. The summed E-state index contributed by atoms with van der Waals surface area (Å²) in [6, 6.07) is 15.9. The van der Waals surface area contributed by atoms with Crippen LogP contribution < -0.4 is 10.9 Å². The Kier molecular flexibility index (Phi) is 3.46. The summed E-state index contributed by atoms with van der Waals surface area (Å²) in [7, 11) is 0. The molecule has 0 atom stereocenters. The number of anilines is 1. The summed E-state index contributed by atoms with van der Waals surface area (Å²) < 4.78 is 13.8. The monoisotopic (exact) mass is 319 g/mol. The van der Waals surface area contributed by atoms with Gasteiger partial charge in [0.2, 0.25) is 0 Å². The van der Waals surface area contributed by atoms with Gasteiger partial charge in [0.05, 0.1) is 0 Å². The molecule has 2 N–H and O–H groups in total. The van der Waals surface area contributed by atoms with Gasteiger partial charge in [-0.05, 0) is 18.2 Å². The minimum absolute atomic E-state index is 0.170. The van der Waals surface area contributed by atoms with Crippen LogP contribution in [0.5, 0.6) is 0 Å². The number of halogens is 1. The summed E-state index contributed by atoms with van der Waals surface area (Å²) in [5.74, 6) is -0.248. The molecule has 0 bridgehead atoms. The average Bonchev–Trinajstić information content (AvgIpc) is 2.61. The fourth-order valence-electron chi connectivity index (χ4n) is 2.88. The lowest BCUT2D eigenvalue weighted by Crippen LogP contribution is -2.09. The van der Waals surface area contributed by atoms with E-state index in [1.165, 1.54) is 6.07 Å². The first-order valence-corrected chi connectivity index (χ1v) is 7.61. The van der Waals surface area contributed by atoms with Crippen LogP contribution in [0.1, 0.15) is 5.56 Å². The highest BCUT2D eigenvalue weighted by molar-refractivity contribution is 6.10. The minimum atomic E-state index is -0.248. The first-order valence-electron chi connectivity index (χ1n) is 7.61. The number of fused-ring (bicyclic) bond motifs is 3. The zero-order valence-electron chi connectivity index (χ0n) is 12.7. The average molecular weight is 319 g/mol. The van der Waals surface area contributed by atoms with Gasteiger partial charge in [0.1, 0.15) is 11.5 Å². The Morgan fingerprint density at radius 3 is 2.58 bits per heavy atom. The SMILES string of the molecule is O=c1[nH]c2nccc(NCc3ccccc3F)c2c2ccccc12. The van der Waals surface area contributed by atoms with E-state index in [-0.39, 0.29) is 11.4 Å². The molecule has 0 fully saturated rings. The van der Waals surface area contributed by atoms with Crippen LogP contribution in [0, 0.1) is 5.82 Å². The molecule has 24 heavy (non-hydrogen) atoms. The second-order valence-corrected chi connectivity index (χ2v) is 5.53. The van der Waals surface area contributed by atoms with Gasteiger partial charge in [-0.2, -0.15) is 0 Å². The molecule has 2 aromatic heterocycles. The predicted octanol–water partition coefficient (Wildman–Crippen LogP) is 3.83. The fourth-order valence-corrected chi connectivity index (χ4v) is 2.88. The molecule has 0 radical (unpaired) electrons. The highest BCUT2D eigenvalue weighted by Gasteiger charge is 2.10. The summed E-state index contributed by atoms with van der Waals surface area (Å²) in [6.07, 6.45) is 1.62. The van der Waals surface area contributed by atoms with Crippen molar-refractivity contribution in [1.29, 1.82) is 0 Å². The number of aromatic amines is 1. The lowest BCUT2D eigenvalue weighted by molar-refractivity contribution is 0.613. The molecule has 0 saturated carbocycles. The van der Waals surface area contributed by atoms with Gasteiger partial charge in [-0.1, -0.05) is 36.4 Å². The van der Waals surface area contributed by atoms with E-state index < -0.39 is 0 Å². The Balaban J connectivity index is 1.85. The summed E-state index contributed by atoms with van der Waals surface area (Å²) in [4.78, 5) is 19.2. The summed E-state index contributed by atoms with van der Waals surface area (Å²) in [5.41, 5.74) is 1.72. The van der Waals surface area contributed by atoms with Crippen molar-refractivity contribution in [1.82, 2.24) is 9.97 Å². The maximum absolute atomic E-state index is 13.8. The van der Waals surface area contributed by atoms with Gasteiger partial charge >= 0.3 is 0 Å². The van der Waals surface area contributed by atoms with Crippen molar-refractivity contribution in [3.63, 3.8) is 0 Å². The molecule has 2 aromatic carbocycles. The molecular weight excluding hydrogens is 305 g/mol. The molecule has 4 aromatic rings. The van der Waals surface area contributed by atoms with Crippen molar-refractivity contribution < 1.29 is 4.39 Å². The maximum Gasteiger partial charge on any atom is 0.257 e. The van der Waals surface area contributed by atoms with Crippen LogP contribution in [0.4, 0.5) is 10.1 Å². The summed E-state index contributed by atoms with van der Waals surface area (Å²) in [5, 5.41) is 5.50. The van der Waals surface area contributed by atoms with E-state index >= 15 is 0 Å². The van der Waals surface area contributed by atoms with Crippen LogP contribution in [0.15, 0.2) is 65.6 Å². The van der Waals surface area contributed by atoms with E-state index in [0.29, 0.717) is 23.1 Å². The molecule has 4 rings (SSSR count). The molecule has 2 heterocycles. The molecule has 0 unspecified atom stereocenters. The smallest absolute Gasteiger partial charge is 0.257 e. The molecule has 0 spiro atoms. The molecule has 5 heteroatoms. The first kappa shape index (κ1) is 14.4. The Labute approximate surface area is 137 Å². The highest BCUT2D eigenvalue weighted by atomic mass is 19.1. The van der Waals surface area contributed by atoms with Crippen LogP contribution >= 0.6 is 0 Å². The number of hydrogen-bond acceptors (Lipinski definition) is 3. The molecule has 0 aliphatic carbocycles. The minimum Gasteiger partial charge on any atom is -0.380 e. The van der Waals surface area contributed by atoms with E-state index in [0.717, 1.165) is 16.5 Å². The summed E-state index contributed by atoms with van der Waals surface area (Å²) in [6.45, 7) is 0.346. The van der Waals surface area contributed by atoms with Crippen molar-refractivity contribution in [3.05, 3.63) is 82.5 Å². The molecule has 118 valence electrons. The van der Waals surface area contributed by atoms with Gasteiger partial charge in [0, 0.05) is 40.2 Å². The third kappa shape index (κ3) is 2.40. The molecule has 0 aliphatic rings. The van der Waals surface area contributed by atoms with Gasteiger partial charge in [-0.25, -0.2) is 9.37 Å². The van der Waals surface area contributed by atoms with Crippen LogP contribution in [-0.2, 0) is 6.54 Å². The summed E-state index contributed by atoms with van der Waals surface area (Å²) >= 11 is 0. The maximum atomic E-state index is 13.8. The van der Waals surface area contributed by atoms with Gasteiger partial charge in [0.25, 0.3) is 5.56 Å². The Hall–Kier alpha value is -3.21. The van der Waals surface area contributed by atoms with E-state index in [2.05, 4.69) is 15.3 Å². The Morgan fingerprint density at radius 1 is 1.00 bits per heavy atom.